The average molecular weight is 485 g/mol. The van der Waals surface area contributed by atoms with E-state index in [0.717, 1.165) is 36.7 Å². The lowest BCUT2D eigenvalue weighted by Crippen LogP contribution is -2.59. The van der Waals surface area contributed by atoms with Gasteiger partial charge >= 0.3 is 19.2 Å². The smallest absolute Gasteiger partial charge is 0.479 e. The van der Waals surface area contributed by atoms with E-state index in [9.17, 15) is 14.7 Å². The minimum atomic E-state index is -1.42. The standard InChI is InChI=1S/C27H40BNO6/c1-24(2,3)33-23(32)29-27(22(30)31,20-14-8-9-15-20)17-11-13-19-12-10-16-21(18-19)28-34-25(4,5)26(6,7)35-28/h10-13,16,18,20H,8-9,14-15,17H2,1-7H3,(H,29,32)(H,30,31)/t27-/m0/s1. The first kappa shape index (κ1) is 27.3. The molecule has 1 amide bonds. The molecule has 1 aromatic carbocycles. The molecule has 3 rings (SSSR count). The van der Waals surface area contributed by atoms with E-state index < -0.39 is 41.5 Å². The van der Waals surface area contributed by atoms with Crippen molar-refractivity contribution < 1.29 is 28.7 Å². The fourth-order valence-corrected chi connectivity index (χ4v) is 4.71. The molecule has 0 unspecified atom stereocenters. The Hall–Kier alpha value is -2.32. The lowest BCUT2D eigenvalue weighted by atomic mass is 9.78. The minimum Gasteiger partial charge on any atom is -0.479 e. The molecule has 1 aliphatic carbocycles. The van der Waals surface area contributed by atoms with Crippen LogP contribution in [0, 0.1) is 5.92 Å². The van der Waals surface area contributed by atoms with Crippen LogP contribution in [-0.2, 0) is 18.8 Å². The van der Waals surface area contributed by atoms with Gasteiger partial charge in [0.15, 0.2) is 0 Å². The van der Waals surface area contributed by atoms with Gasteiger partial charge in [-0.3, -0.25) is 0 Å². The molecule has 1 saturated heterocycles. The number of amides is 1. The minimum absolute atomic E-state index is 0.159. The molecule has 1 atom stereocenters. The molecule has 2 N–H and O–H groups in total. The third kappa shape index (κ3) is 6.28. The summed E-state index contributed by atoms with van der Waals surface area (Å²) in [6.45, 7) is 13.4. The zero-order valence-electron chi connectivity index (χ0n) is 22.1. The maximum atomic E-state index is 12.6. The van der Waals surface area contributed by atoms with Crippen molar-refractivity contribution in [1.82, 2.24) is 5.32 Å². The quantitative estimate of drug-likeness (QED) is 0.532. The van der Waals surface area contributed by atoms with Gasteiger partial charge in [0.1, 0.15) is 11.1 Å². The summed E-state index contributed by atoms with van der Waals surface area (Å²) in [7, 11) is -0.473. The number of ether oxygens (including phenoxy) is 1. The van der Waals surface area contributed by atoms with Crippen LogP contribution in [0.25, 0.3) is 6.08 Å². The highest BCUT2D eigenvalue weighted by atomic mass is 16.7. The zero-order chi connectivity index (χ0) is 26.1. The lowest BCUT2D eigenvalue weighted by molar-refractivity contribution is -0.147. The normalized spacial score (nSPS) is 21.7. The summed E-state index contributed by atoms with van der Waals surface area (Å²) in [5.41, 5.74) is -1.19. The summed E-state index contributed by atoms with van der Waals surface area (Å²) in [5, 5.41) is 13.0. The highest BCUT2D eigenvalue weighted by molar-refractivity contribution is 6.62. The van der Waals surface area contributed by atoms with Gasteiger partial charge in [-0.05, 0) is 84.7 Å². The second-order valence-electron chi connectivity index (χ2n) is 11.7. The predicted octanol–water partition coefficient (Wildman–Crippen LogP) is 4.93. The molecule has 7 nitrogen and oxygen atoms in total. The van der Waals surface area contributed by atoms with Gasteiger partial charge in [0, 0.05) is 0 Å². The van der Waals surface area contributed by atoms with Crippen molar-refractivity contribution in [3.8, 4) is 0 Å². The number of carboxylic acids is 1. The Bertz CT molecular complexity index is 945. The number of nitrogens with one attached hydrogen (secondary N) is 1. The summed E-state index contributed by atoms with van der Waals surface area (Å²) >= 11 is 0. The molecule has 0 radical (unpaired) electrons. The number of alkyl carbamates (subject to hydrolysis) is 1. The summed E-state index contributed by atoms with van der Waals surface area (Å²) in [6.07, 6.45) is 6.59. The Morgan fingerprint density at radius 2 is 1.74 bits per heavy atom. The molecule has 0 spiro atoms. The zero-order valence-corrected chi connectivity index (χ0v) is 22.1. The third-order valence-electron chi connectivity index (χ3n) is 7.34. The number of rotatable bonds is 7. The highest BCUT2D eigenvalue weighted by Crippen LogP contribution is 2.38. The molecule has 0 bridgehead atoms. The van der Waals surface area contributed by atoms with Crippen LogP contribution in [0.2, 0.25) is 0 Å². The van der Waals surface area contributed by atoms with Crippen LogP contribution in [0.3, 0.4) is 0 Å². The fraction of sp³-hybridized carbons (Fsp3) is 0.630. The van der Waals surface area contributed by atoms with Crippen molar-refractivity contribution in [3.63, 3.8) is 0 Å². The van der Waals surface area contributed by atoms with Gasteiger partial charge in [0.05, 0.1) is 11.2 Å². The molecule has 192 valence electrons. The molecular formula is C27H40BNO6. The molecule has 8 heteroatoms. The third-order valence-corrected chi connectivity index (χ3v) is 7.34. The Balaban J connectivity index is 1.80. The van der Waals surface area contributed by atoms with Crippen LogP contribution in [0.15, 0.2) is 30.3 Å². The van der Waals surface area contributed by atoms with E-state index in [4.69, 9.17) is 14.0 Å². The number of hydrogen-bond acceptors (Lipinski definition) is 5. The van der Waals surface area contributed by atoms with Gasteiger partial charge in [-0.1, -0.05) is 49.3 Å². The van der Waals surface area contributed by atoms with Gasteiger partial charge in [-0.25, -0.2) is 9.59 Å². The number of carbonyl (C=O) groups excluding carboxylic acids is 1. The number of benzene rings is 1. The van der Waals surface area contributed by atoms with Gasteiger partial charge in [-0.2, -0.15) is 0 Å². The van der Waals surface area contributed by atoms with E-state index in [1.54, 1.807) is 20.8 Å². The van der Waals surface area contributed by atoms with Gasteiger partial charge in [0.2, 0.25) is 0 Å². The Morgan fingerprint density at radius 3 is 2.29 bits per heavy atom. The SMILES string of the molecule is CC(C)(C)OC(=O)N[C@](CC=Cc1cccc(B2OC(C)(C)C(C)(C)O2)c1)(C(=O)O)C1CCCC1. The van der Waals surface area contributed by atoms with E-state index in [2.05, 4.69) is 5.32 Å². The Kier molecular flexibility index (Phi) is 7.77. The lowest BCUT2D eigenvalue weighted by Gasteiger charge is -2.36. The Labute approximate surface area is 209 Å². The highest BCUT2D eigenvalue weighted by Gasteiger charge is 2.52. The van der Waals surface area contributed by atoms with E-state index in [-0.39, 0.29) is 12.3 Å². The molecule has 1 saturated carbocycles. The molecule has 1 heterocycles. The second kappa shape index (κ2) is 9.98. The maximum Gasteiger partial charge on any atom is 0.494 e. The monoisotopic (exact) mass is 485 g/mol. The van der Waals surface area contributed by atoms with Crippen LogP contribution in [0.5, 0.6) is 0 Å². The van der Waals surface area contributed by atoms with Crippen molar-refractivity contribution in [2.24, 2.45) is 5.92 Å². The summed E-state index contributed by atoms with van der Waals surface area (Å²) in [5.74, 6) is -1.20. The number of hydrogen-bond donors (Lipinski definition) is 2. The number of aliphatic carboxylic acids is 1. The summed E-state index contributed by atoms with van der Waals surface area (Å²) in [4.78, 5) is 25.2. The van der Waals surface area contributed by atoms with E-state index in [1.165, 1.54) is 0 Å². The number of carbonyl (C=O) groups is 2. The fourth-order valence-electron chi connectivity index (χ4n) is 4.71. The van der Waals surface area contributed by atoms with Crippen molar-refractivity contribution >= 4 is 30.7 Å². The van der Waals surface area contributed by atoms with Gasteiger partial charge in [0.25, 0.3) is 0 Å². The average Bonchev–Trinajstić information content (AvgIpc) is 3.32. The summed E-state index contributed by atoms with van der Waals surface area (Å²) in [6, 6.07) is 7.83. The molecule has 2 aliphatic rings. The van der Waals surface area contributed by atoms with Crippen LogP contribution in [0.1, 0.15) is 86.1 Å². The molecule has 0 aromatic heterocycles. The maximum absolute atomic E-state index is 12.6. The van der Waals surface area contributed by atoms with E-state index >= 15 is 0 Å². The Morgan fingerprint density at radius 1 is 1.14 bits per heavy atom. The molecule has 1 aromatic rings. The molecule has 35 heavy (non-hydrogen) atoms. The summed E-state index contributed by atoms with van der Waals surface area (Å²) < 4.78 is 17.7. The second-order valence-corrected chi connectivity index (χ2v) is 11.7. The van der Waals surface area contributed by atoms with Crippen LogP contribution in [-0.4, -0.2) is 46.6 Å². The molecular weight excluding hydrogens is 445 g/mol. The first-order chi connectivity index (χ1) is 16.2. The van der Waals surface area contributed by atoms with E-state index in [0.29, 0.717) is 0 Å². The number of carboxylic acid groups (broad SMARTS) is 1. The predicted molar refractivity (Wildman–Crippen MR) is 138 cm³/mol. The van der Waals surface area contributed by atoms with Crippen molar-refractivity contribution in [1.29, 1.82) is 0 Å². The van der Waals surface area contributed by atoms with Crippen molar-refractivity contribution in [2.75, 3.05) is 0 Å². The van der Waals surface area contributed by atoms with Crippen LogP contribution < -0.4 is 10.8 Å². The first-order valence-electron chi connectivity index (χ1n) is 12.5. The van der Waals surface area contributed by atoms with Crippen LogP contribution >= 0.6 is 0 Å². The van der Waals surface area contributed by atoms with E-state index in [1.807, 2.05) is 64.1 Å². The molecule has 1 aliphatic heterocycles. The van der Waals surface area contributed by atoms with Crippen molar-refractivity contribution in [3.05, 3.63) is 35.9 Å². The largest absolute Gasteiger partial charge is 0.494 e. The van der Waals surface area contributed by atoms with Crippen LogP contribution in [0.4, 0.5) is 4.79 Å². The first-order valence-corrected chi connectivity index (χ1v) is 12.5. The van der Waals surface area contributed by atoms with Crippen molar-refractivity contribution in [2.45, 2.75) is 103 Å². The van der Waals surface area contributed by atoms with Gasteiger partial charge in [-0.15, -0.1) is 0 Å². The van der Waals surface area contributed by atoms with Gasteiger partial charge < -0.3 is 24.5 Å². The molecule has 2 fully saturated rings. The topological polar surface area (TPSA) is 94.1 Å².